The minimum Gasteiger partial charge on any atom is -0.462 e. The Morgan fingerprint density at radius 3 is 2.82 bits per heavy atom. The van der Waals surface area contributed by atoms with Crippen LogP contribution in [-0.2, 0) is 11.2 Å². The fourth-order valence-electron chi connectivity index (χ4n) is 3.77. The van der Waals surface area contributed by atoms with E-state index in [4.69, 9.17) is 9.47 Å². The third kappa shape index (κ3) is 5.96. The van der Waals surface area contributed by atoms with E-state index in [9.17, 15) is 4.79 Å². The quantitative estimate of drug-likeness (QED) is 0.576. The second kappa shape index (κ2) is 11.4. The number of hydrogen-bond donors (Lipinski definition) is 2. The summed E-state index contributed by atoms with van der Waals surface area (Å²) in [6.45, 7) is 5.02. The topological polar surface area (TPSA) is 97.2 Å². The molecule has 2 aliphatic rings. The molecule has 0 radical (unpaired) electrons. The lowest BCUT2D eigenvalue weighted by Gasteiger charge is -2.25. The monoisotopic (exact) mass is 459 g/mol. The number of amidine groups is 1. The van der Waals surface area contributed by atoms with Crippen molar-refractivity contribution >= 4 is 18.1 Å². The van der Waals surface area contributed by atoms with Gasteiger partial charge in [-0.05, 0) is 63.1 Å². The molecule has 4 rings (SSSR count). The fourth-order valence-corrected chi connectivity index (χ4v) is 3.77. The van der Waals surface area contributed by atoms with Crippen molar-refractivity contribution in [2.45, 2.75) is 39.3 Å². The van der Waals surface area contributed by atoms with E-state index in [0.29, 0.717) is 23.8 Å². The van der Waals surface area contributed by atoms with Gasteiger partial charge in [0, 0.05) is 24.4 Å². The van der Waals surface area contributed by atoms with Gasteiger partial charge in [-0.3, -0.25) is 5.32 Å². The number of nitrogens with zero attached hydrogens (tertiary/aromatic N) is 3. The number of pyridine rings is 1. The second-order valence-electron chi connectivity index (χ2n) is 7.98. The average molecular weight is 460 g/mol. The molecular formula is C26H29N5O3. The predicted molar refractivity (Wildman–Crippen MR) is 132 cm³/mol. The summed E-state index contributed by atoms with van der Waals surface area (Å²) in [4.78, 5) is 24.9. The van der Waals surface area contributed by atoms with Crippen LogP contribution in [0.3, 0.4) is 0 Å². The first kappa shape index (κ1) is 23.4. The number of nitrogens with one attached hydrogen (secondary N) is 2. The van der Waals surface area contributed by atoms with Crippen molar-refractivity contribution in [1.82, 2.24) is 15.6 Å². The average Bonchev–Trinajstić information content (AvgIpc) is 2.84. The zero-order valence-corrected chi connectivity index (χ0v) is 19.5. The number of hydrogen-bond acceptors (Lipinski definition) is 8. The number of ether oxygens (including phenoxy) is 2. The maximum absolute atomic E-state index is 11.7. The lowest BCUT2D eigenvalue weighted by Crippen LogP contribution is -2.40. The molecule has 0 spiro atoms. The first-order valence-corrected chi connectivity index (χ1v) is 11.5. The molecule has 3 heterocycles. The van der Waals surface area contributed by atoms with Gasteiger partial charge >= 0.3 is 5.97 Å². The number of rotatable bonds is 8. The molecule has 2 N–H and O–H groups in total. The summed E-state index contributed by atoms with van der Waals surface area (Å²) in [7, 11) is 0. The van der Waals surface area contributed by atoms with E-state index in [2.05, 4.69) is 38.6 Å². The van der Waals surface area contributed by atoms with E-state index in [1.54, 1.807) is 25.4 Å². The van der Waals surface area contributed by atoms with Gasteiger partial charge in [0.2, 0.25) is 5.88 Å². The molecule has 0 saturated heterocycles. The van der Waals surface area contributed by atoms with Gasteiger partial charge in [-0.15, -0.1) is 0 Å². The molecule has 2 aromatic rings. The standard InChI is InChI=1S/C26H29N5O3/c1-3-33-26(32)20-9-12-22(29-16-20)34-21-10-7-19(8-11-21)13-15-28-25-23-18(2)6-4-5-14-27-24(23)30-17-31-25/h5,7-12,14,16-17,25,28H,3-4,6,13,15H2,1-2H3,(H,27,30,31). The van der Waals surface area contributed by atoms with Crippen LogP contribution >= 0.6 is 0 Å². The van der Waals surface area contributed by atoms with Crippen LogP contribution in [0.5, 0.6) is 11.6 Å². The summed E-state index contributed by atoms with van der Waals surface area (Å²) in [6, 6.07) is 11.2. The van der Waals surface area contributed by atoms with Crippen molar-refractivity contribution in [3.63, 3.8) is 0 Å². The molecule has 8 nitrogen and oxygen atoms in total. The van der Waals surface area contributed by atoms with Crippen LogP contribution in [0, 0.1) is 0 Å². The van der Waals surface area contributed by atoms with Gasteiger partial charge in [0.15, 0.2) is 0 Å². The summed E-state index contributed by atoms with van der Waals surface area (Å²) in [6.07, 6.45) is 9.91. The Bertz CT molecular complexity index is 1120. The van der Waals surface area contributed by atoms with Gasteiger partial charge < -0.3 is 14.8 Å². The van der Waals surface area contributed by atoms with Crippen LogP contribution in [-0.4, -0.2) is 42.4 Å². The number of aliphatic imine (C=N–C) groups is 2. The van der Waals surface area contributed by atoms with Gasteiger partial charge in [0.25, 0.3) is 0 Å². The molecule has 2 aliphatic heterocycles. The maximum Gasteiger partial charge on any atom is 0.339 e. The molecule has 0 aliphatic carbocycles. The van der Waals surface area contributed by atoms with Crippen molar-refractivity contribution in [3.05, 3.63) is 77.1 Å². The molecule has 1 atom stereocenters. The number of carbonyl (C=O) groups excluding carboxylic acids is 1. The molecule has 1 aromatic heterocycles. The molecule has 34 heavy (non-hydrogen) atoms. The highest BCUT2D eigenvalue weighted by Gasteiger charge is 2.23. The normalized spacial score (nSPS) is 17.2. The number of esters is 1. The number of carbonyl (C=O) groups is 1. The SMILES string of the molecule is CCOC(=O)c1ccc(Oc2ccc(CCNC3N=CN=C4NC=CCCC(C)=C43)cc2)nc1. The van der Waals surface area contributed by atoms with Crippen molar-refractivity contribution in [2.24, 2.45) is 9.98 Å². The van der Waals surface area contributed by atoms with E-state index in [0.717, 1.165) is 37.2 Å². The van der Waals surface area contributed by atoms with Crippen LogP contribution in [0.2, 0.25) is 0 Å². The van der Waals surface area contributed by atoms with Crippen molar-refractivity contribution < 1.29 is 14.3 Å². The lowest BCUT2D eigenvalue weighted by atomic mass is 9.99. The van der Waals surface area contributed by atoms with Gasteiger partial charge in [-0.25, -0.2) is 19.8 Å². The molecule has 0 amide bonds. The highest BCUT2D eigenvalue weighted by molar-refractivity contribution is 6.05. The number of benzene rings is 1. The predicted octanol–water partition coefficient (Wildman–Crippen LogP) is 4.16. The Morgan fingerprint density at radius 1 is 1.21 bits per heavy atom. The minimum atomic E-state index is -0.393. The van der Waals surface area contributed by atoms with Crippen molar-refractivity contribution in [3.8, 4) is 11.6 Å². The first-order valence-electron chi connectivity index (χ1n) is 11.5. The number of aromatic nitrogens is 1. The summed E-state index contributed by atoms with van der Waals surface area (Å²) < 4.78 is 10.8. The lowest BCUT2D eigenvalue weighted by molar-refractivity contribution is 0.0526. The Kier molecular flexibility index (Phi) is 7.83. The van der Waals surface area contributed by atoms with Crippen LogP contribution in [0.25, 0.3) is 0 Å². The van der Waals surface area contributed by atoms with Crippen molar-refractivity contribution in [1.29, 1.82) is 0 Å². The van der Waals surface area contributed by atoms with Crippen LogP contribution in [0.4, 0.5) is 0 Å². The Labute approximate surface area is 199 Å². The van der Waals surface area contributed by atoms with Gasteiger partial charge in [0.1, 0.15) is 24.1 Å². The molecular weight excluding hydrogens is 430 g/mol. The van der Waals surface area contributed by atoms with Crippen LogP contribution in [0.1, 0.15) is 42.6 Å². The number of fused-ring (bicyclic) bond motifs is 1. The van der Waals surface area contributed by atoms with Gasteiger partial charge in [0.05, 0.1) is 12.2 Å². The van der Waals surface area contributed by atoms with Gasteiger partial charge in [-0.2, -0.15) is 0 Å². The molecule has 8 heteroatoms. The van der Waals surface area contributed by atoms with E-state index in [1.807, 2.05) is 30.5 Å². The first-order chi connectivity index (χ1) is 16.6. The molecule has 0 saturated carbocycles. The molecule has 1 unspecified atom stereocenters. The highest BCUT2D eigenvalue weighted by Crippen LogP contribution is 2.22. The zero-order valence-electron chi connectivity index (χ0n) is 19.5. The maximum atomic E-state index is 11.7. The Hall–Kier alpha value is -3.78. The summed E-state index contributed by atoms with van der Waals surface area (Å²) in [5, 5.41) is 6.82. The van der Waals surface area contributed by atoms with Crippen LogP contribution < -0.4 is 15.4 Å². The Morgan fingerprint density at radius 2 is 2.06 bits per heavy atom. The zero-order chi connectivity index (χ0) is 23.8. The summed E-state index contributed by atoms with van der Waals surface area (Å²) >= 11 is 0. The van der Waals surface area contributed by atoms with E-state index < -0.39 is 5.97 Å². The number of allylic oxidation sites excluding steroid dienone is 2. The highest BCUT2D eigenvalue weighted by atomic mass is 16.5. The van der Waals surface area contributed by atoms with E-state index >= 15 is 0 Å². The molecule has 0 fully saturated rings. The van der Waals surface area contributed by atoms with Gasteiger partial charge in [-0.1, -0.05) is 23.8 Å². The Balaban J connectivity index is 1.30. The largest absolute Gasteiger partial charge is 0.462 e. The third-order valence-corrected chi connectivity index (χ3v) is 5.56. The molecule has 0 bridgehead atoms. The molecule has 1 aromatic carbocycles. The smallest absolute Gasteiger partial charge is 0.339 e. The minimum absolute atomic E-state index is 0.0993. The van der Waals surface area contributed by atoms with Crippen LogP contribution in [0.15, 0.2) is 76.0 Å². The third-order valence-electron chi connectivity index (χ3n) is 5.56. The van der Waals surface area contributed by atoms with Crippen molar-refractivity contribution in [2.75, 3.05) is 13.2 Å². The van der Waals surface area contributed by atoms with E-state index in [-0.39, 0.29) is 6.17 Å². The molecule has 176 valence electrons. The summed E-state index contributed by atoms with van der Waals surface area (Å²) in [5.41, 5.74) is 4.02. The second-order valence-corrected chi connectivity index (χ2v) is 7.98. The van der Waals surface area contributed by atoms with E-state index in [1.165, 1.54) is 17.3 Å². The fraction of sp³-hybridized carbons (Fsp3) is 0.308. The summed E-state index contributed by atoms with van der Waals surface area (Å²) in [5.74, 6) is 1.57.